The van der Waals surface area contributed by atoms with E-state index in [2.05, 4.69) is 11.1 Å². The quantitative estimate of drug-likeness (QED) is 0.653. The molecule has 31 heavy (non-hydrogen) atoms. The van der Waals surface area contributed by atoms with Gasteiger partial charge in [0.05, 0.1) is 12.6 Å². The first-order chi connectivity index (χ1) is 15.1. The van der Waals surface area contributed by atoms with Crippen molar-refractivity contribution in [1.29, 1.82) is 0 Å². The molecule has 3 aromatic rings. The molecule has 2 aromatic carbocycles. The van der Waals surface area contributed by atoms with Gasteiger partial charge >= 0.3 is 0 Å². The zero-order valence-corrected chi connectivity index (χ0v) is 17.6. The van der Waals surface area contributed by atoms with Crippen LogP contribution in [-0.4, -0.2) is 59.9 Å². The number of fused-ring (bicyclic) bond motifs is 1. The number of rotatable bonds is 4. The maximum Gasteiger partial charge on any atom is 0.253 e. The molecule has 2 heterocycles. The number of hydrogen-bond acceptors (Lipinski definition) is 4. The number of piperazine rings is 1. The molecule has 1 aromatic heterocycles. The number of amides is 2. The summed E-state index contributed by atoms with van der Waals surface area (Å²) in [6, 6.07) is 17.7. The van der Waals surface area contributed by atoms with E-state index in [1.807, 2.05) is 58.3 Å². The molecule has 5 rings (SSSR count). The highest BCUT2D eigenvalue weighted by Gasteiger charge is 2.35. The summed E-state index contributed by atoms with van der Waals surface area (Å²) in [6.07, 6.45) is 2.04. The summed E-state index contributed by atoms with van der Waals surface area (Å²) in [5.74, 6) is 1.13. The predicted molar refractivity (Wildman–Crippen MR) is 119 cm³/mol. The highest BCUT2D eigenvalue weighted by molar-refractivity contribution is 5.95. The number of nitrogens with zero attached hydrogens (tertiary/aromatic N) is 3. The number of aromatic nitrogens is 1. The Kier molecular flexibility index (Phi) is 5.06. The van der Waals surface area contributed by atoms with Crippen LogP contribution in [0.3, 0.4) is 0 Å². The van der Waals surface area contributed by atoms with Crippen LogP contribution in [-0.2, 0) is 4.79 Å². The van der Waals surface area contributed by atoms with E-state index in [0.29, 0.717) is 37.6 Å². The smallest absolute Gasteiger partial charge is 0.253 e. The number of hydrogen-bond donors (Lipinski definition) is 0. The fraction of sp³-hybridized carbons (Fsp3) is 0.320. The Morgan fingerprint density at radius 1 is 0.871 bits per heavy atom. The zero-order valence-electron chi connectivity index (χ0n) is 17.6. The van der Waals surface area contributed by atoms with Crippen molar-refractivity contribution in [2.24, 2.45) is 5.92 Å². The summed E-state index contributed by atoms with van der Waals surface area (Å²) >= 11 is 0. The van der Waals surface area contributed by atoms with E-state index in [-0.39, 0.29) is 17.7 Å². The Morgan fingerprint density at radius 2 is 1.55 bits per heavy atom. The van der Waals surface area contributed by atoms with Gasteiger partial charge in [0.2, 0.25) is 11.8 Å². The third-order valence-electron chi connectivity index (χ3n) is 6.14. The summed E-state index contributed by atoms with van der Waals surface area (Å²) < 4.78 is 5.19. The monoisotopic (exact) mass is 415 g/mol. The SMILES string of the molecule is COc1ccc2cc(-c3ccc(C(=O)N4CCN(C(=O)C5CC5)CC4)cc3)ccc2n1. The van der Waals surface area contributed by atoms with Crippen molar-refractivity contribution in [2.75, 3.05) is 33.3 Å². The maximum atomic E-state index is 12.9. The Morgan fingerprint density at radius 3 is 2.23 bits per heavy atom. The van der Waals surface area contributed by atoms with Gasteiger partial charge in [-0.3, -0.25) is 9.59 Å². The Bertz CT molecular complexity index is 1130. The van der Waals surface area contributed by atoms with Gasteiger partial charge in [-0.2, -0.15) is 0 Å². The van der Waals surface area contributed by atoms with Crippen molar-refractivity contribution < 1.29 is 14.3 Å². The van der Waals surface area contributed by atoms with Crippen molar-refractivity contribution in [3.05, 3.63) is 60.2 Å². The second kappa shape index (κ2) is 8.02. The largest absolute Gasteiger partial charge is 0.481 e. The van der Waals surface area contributed by atoms with Gasteiger partial charge in [-0.05, 0) is 54.3 Å². The molecule has 0 bridgehead atoms. The van der Waals surface area contributed by atoms with Gasteiger partial charge in [0.1, 0.15) is 0 Å². The molecule has 6 nitrogen and oxygen atoms in total. The van der Waals surface area contributed by atoms with E-state index in [1.165, 1.54) is 0 Å². The number of benzene rings is 2. The van der Waals surface area contributed by atoms with Crippen molar-refractivity contribution >= 4 is 22.7 Å². The van der Waals surface area contributed by atoms with E-state index >= 15 is 0 Å². The average molecular weight is 415 g/mol. The first-order valence-electron chi connectivity index (χ1n) is 10.8. The minimum Gasteiger partial charge on any atom is -0.481 e. The third-order valence-corrected chi connectivity index (χ3v) is 6.14. The lowest BCUT2D eigenvalue weighted by molar-refractivity contribution is -0.134. The summed E-state index contributed by atoms with van der Waals surface area (Å²) in [5, 5.41) is 1.04. The number of carbonyl (C=O) groups is 2. The van der Waals surface area contributed by atoms with Gasteiger partial charge in [0.25, 0.3) is 5.91 Å². The molecule has 1 saturated carbocycles. The minimum atomic E-state index is 0.0277. The molecule has 2 amide bonds. The fourth-order valence-electron chi connectivity index (χ4n) is 4.11. The van der Waals surface area contributed by atoms with Crippen LogP contribution in [0.25, 0.3) is 22.0 Å². The van der Waals surface area contributed by atoms with Crippen LogP contribution in [0.1, 0.15) is 23.2 Å². The number of carbonyl (C=O) groups excluding carboxylic acids is 2. The number of ether oxygens (including phenoxy) is 1. The molecular weight excluding hydrogens is 390 g/mol. The van der Waals surface area contributed by atoms with Gasteiger partial charge < -0.3 is 14.5 Å². The summed E-state index contributed by atoms with van der Waals surface area (Å²) in [6.45, 7) is 2.46. The van der Waals surface area contributed by atoms with Crippen molar-refractivity contribution in [1.82, 2.24) is 14.8 Å². The zero-order chi connectivity index (χ0) is 21.4. The Labute approximate surface area is 181 Å². The molecule has 2 aliphatic rings. The van der Waals surface area contributed by atoms with E-state index in [9.17, 15) is 9.59 Å². The van der Waals surface area contributed by atoms with E-state index < -0.39 is 0 Å². The molecule has 2 fully saturated rings. The van der Waals surface area contributed by atoms with Crippen LogP contribution in [0.5, 0.6) is 5.88 Å². The lowest BCUT2D eigenvalue weighted by atomic mass is 10.0. The highest BCUT2D eigenvalue weighted by Crippen LogP contribution is 2.31. The second-order valence-corrected chi connectivity index (χ2v) is 8.23. The molecule has 158 valence electrons. The average Bonchev–Trinajstić information content (AvgIpc) is 3.68. The maximum absolute atomic E-state index is 12.9. The first kappa shape index (κ1) is 19.5. The van der Waals surface area contributed by atoms with Gasteiger partial charge in [-0.25, -0.2) is 4.98 Å². The molecule has 6 heteroatoms. The normalized spacial score (nSPS) is 16.4. The van der Waals surface area contributed by atoms with E-state index in [4.69, 9.17) is 4.74 Å². The van der Waals surface area contributed by atoms with Gasteiger partial charge in [-0.15, -0.1) is 0 Å². The molecule has 1 aliphatic carbocycles. The first-order valence-corrected chi connectivity index (χ1v) is 10.8. The summed E-state index contributed by atoms with van der Waals surface area (Å²) in [4.78, 5) is 33.3. The molecule has 0 atom stereocenters. The van der Waals surface area contributed by atoms with Crippen molar-refractivity contribution in [3.63, 3.8) is 0 Å². The van der Waals surface area contributed by atoms with E-state index in [0.717, 1.165) is 34.9 Å². The topological polar surface area (TPSA) is 62.7 Å². The van der Waals surface area contributed by atoms with Crippen LogP contribution in [0.15, 0.2) is 54.6 Å². The second-order valence-electron chi connectivity index (χ2n) is 8.23. The molecule has 0 radical (unpaired) electrons. The van der Waals surface area contributed by atoms with E-state index in [1.54, 1.807) is 7.11 Å². The van der Waals surface area contributed by atoms with Gasteiger partial charge in [-0.1, -0.05) is 18.2 Å². The van der Waals surface area contributed by atoms with Crippen LogP contribution in [0, 0.1) is 5.92 Å². The standard InChI is InChI=1S/C25H25N3O3/c1-31-23-11-9-21-16-20(8-10-22(21)26-23)17-2-4-18(5-3-17)24(29)27-12-14-28(15-13-27)25(30)19-6-7-19/h2-5,8-11,16,19H,6-7,12-15H2,1H3. The highest BCUT2D eigenvalue weighted by atomic mass is 16.5. The van der Waals surface area contributed by atoms with Crippen LogP contribution >= 0.6 is 0 Å². The number of pyridine rings is 1. The van der Waals surface area contributed by atoms with Crippen molar-refractivity contribution in [2.45, 2.75) is 12.8 Å². The summed E-state index contributed by atoms with van der Waals surface area (Å²) in [7, 11) is 1.61. The molecule has 1 saturated heterocycles. The molecular formula is C25H25N3O3. The van der Waals surface area contributed by atoms with Gasteiger partial charge in [0.15, 0.2) is 0 Å². The lowest BCUT2D eigenvalue weighted by Crippen LogP contribution is -2.51. The Hall–Kier alpha value is -3.41. The predicted octanol–water partition coefficient (Wildman–Crippen LogP) is 3.60. The molecule has 0 spiro atoms. The Balaban J connectivity index is 1.27. The van der Waals surface area contributed by atoms with Crippen molar-refractivity contribution in [3.8, 4) is 17.0 Å². The lowest BCUT2D eigenvalue weighted by Gasteiger charge is -2.35. The van der Waals surface area contributed by atoms with Crippen LogP contribution in [0.4, 0.5) is 0 Å². The molecule has 1 aliphatic heterocycles. The third kappa shape index (κ3) is 3.98. The molecule has 0 unspecified atom stereocenters. The van der Waals surface area contributed by atoms with Crippen LogP contribution < -0.4 is 4.74 Å². The molecule has 0 N–H and O–H groups in total. The summed E-state index contributed by atoms with van der Waals surface area (Å²) in [5.41, 5.74) is 3.69. The van der Waals surface area contributed by atoms with Gasteiger partial charge in [0, 0.05) is 49.1 Å². The fourth-order valence-corrected chi connectivity index (χ4v) is 4.11. The minimum absolute atomic E-state index is 0.0277. The van der Waals surface area contributed by atoms with Crippen LogP contribution in [0.2, 0.25) is 0 Å². The number of methoxy groups -OCH3 is 1.